The summed E-state index contributed by atoms with van der Waals surface area (Å²) in [6.45, 7) is 23.3. The van der Waals surface area contributed by atoms with Crippen LogP contribution in [0, 0.1) is 83.1 Å². The van der Waals surface area contributed by atoms with Gasteiger partial charge in [0.2, 0.25) is 5.41 Å². The number of alkyl halides is 6. The number of aryl methyl sites for hydroxylation is 12. The Kier molecular flexibility index (Phi) is 15.5. The lowest BCUT2D eigenvalue weighted by Gasteiger charge is -2.38. The SMILES string of the molecule is Cc1ccc(-c2ccc(C)c(C)c2)cc1C.Cc1ccc(C(c2ccc(C)c(C)c2)(C(F)(F)F)C(F)(F)F)cc1C.Cc1ccc(Oc2cccc(Oc3ccc(C)c(C)c3)c2)cc1C. The second-order valence-corrected chi connectivity index (χ2v) is 17.1. The zero-order chi connectivity index (χ0) is 48.0. The first kappa shape index (κ1) is 49.7. The third-order valence-electron chi connectivity index (χ3n) is 12.3. The highest BCUT2D eigenvalue weighted by molar-refractivity contribution is 5.66. The highest BCUT2D eigenvalue weighted by atomic mass is 19.4. The summed E-state index contributed by atoms with van der Waals surface area (Å²) in [5, 5.41) is 0. The fourth-order valence-corrected chi connectivity index (χ4v) is 7.20. The molecule has 0 saturated heterocycles. The minimum Gasteiger partial charge on any atom is -0.457 e. The second-order valence-electron chi connectivity index (χ2n) is 17.1. The first-order valence-corrected chi connectivity index (χ1v) is 21.4. The molecular formula is C57H58F6O2. The first-order chi connectivity index (χ1) is 30.4. The largest absolute Gasteiger partial charge is 0.457 e. The van der Waals surface area contributed by atoms with Gasteiger partial charge in [0, 0.05) is 6.07 Å². The van der Waals surface area contributed by atoms with Crippen molar-refractivity contribution in [2.45, 2.75) is 101 Å². The third kappa shape index (κ3) is 11.7. The van der Waals surface area contributed by atoms with E-state index in [9.17, 15) is 26.3 Å². The van der Waals surface area contributed by atoms with Crippen LogP contribution in [0.15, 0.2) is 133 Å². The predicted molar refractivity (Wildman–Crippen MR) is 254 cm³/mol. The molecule has 0 heterocycles. The van der Waals surface area contributed by atoms with Crippen molar-refractivity contribution in [1.29, 1.82) is 0 Å². The molecule has 340 valence electrons. The van der Waals surface area contributed by atoms with E-state index in [0.29, 0.717) is 22.3 Å². The van der Waals surface area contributed by atoms with E-state index >= 15 is 0 Å². The summed E-state index contributed by atoms with van der Waals surface area (Å²) in [5.74, 6) is 3.20. The number of benzene rings is 7. The molecule has 65 heavy (non-hydrogen) atoms. The molecule has 0 amide bonds. The van der Waals surface area contributed by atoms with E-state index < -0.39 is 28.9 Å². The van der Waals surface area contributed by atoms with E-state index in [1.807, 2.05) is 48.5 Å². The van der Waals surface area contributed by atoms with Gasteiger partial charge in [0.05, 0.1) is 0 Å². The molecule has 0 aliphatic heterocycles. The average Bonchev–Trinajstić information content (AvgIpc) is 3.22. The van der Waals surface area contributed by atoms with Gasteiger partial charge in [-0.3, -0.25) is 0 Å². The lowest BCUT2D eigenvalue weighted by atomic mass is 9.71. The highest BCUT2D eigenvalue weighted by Crippen LogP contribution is 2.56. The maximum absolute atomic E-state index is 14.0. The zero-order valence-corrected chi connectivity index (χ0v) is 39.3. The average molecular weight is 889 g/mol. The van der Waals surface area contributed by atoms with Crippen LogP contribution < -0.4 is 9.47 Å². The minimum atomic E-state index is -5.55. The Morgan fingerprint density at radius 3 is 0.846 bits per heavy atom. The van der Waals surface area contributed by atoms with Gasteiger partial charge in [0.25, 0.3) is 0 Å². The number of hydrogen-bond acceptors (Lipinski definition) is 2. The predicted octanol–water partition coefficient (Wildman–Crippen LogP) is 17.4. The summed E-state index contributed by atoms with van der Waals surface area (Å²) in [6, 6.07) is 39.6. The lowest BCUT2D eigenvalue weighted by Crippen LogP contribution is -2.54. The number of ether oxygens (including phenoxy) is 2. The Hall–Kier alpha value is -6.28. The van der Waals surface area contributed by atoms with Crippen molar-refractivity contribution in [3.05, 3.63) is 211 Å². The third-order valence-corrected chi connectivity index (χ3v) is 12.3. The van der Waals surface area contributed by atoms with E-state index in [1.54, 1.807) is 13.8 Å². The maximum atomic E-state index is 14.0. The molecule has 0 aromatic heterocycles. The monoisotopic (exact) mass is 888 g/mol. The van der Waals surface area contributed by atoms with Gasteiger partial charge in [0.15, 0.2) is 0 Å². The molecular weight excluding hydrogens is 831 g/mol. The molecule has 0 bridgehead atoms. The molecule has 0 aliphatic rings. The van der Waals surface area contributed by atoms with E-state index in [-0.39, 0.29) is 0 Å². The number of rotatable bonds is 7. The summed E-state index contributed by atoms with van der Waals surface area (Å²) in [7, 11) is 0. The molecule has 0 saturated carbocycles. The highest BCUT2D eigenvalue weighted by Gasteiger charge is 2.72. The van der Waals surface area contributed by atoms with Gasteiger partial charge in [0.1, 0.15) is 23.0 Å². The zero-order valence-electron chi connectivity index (χ0n) is 39.3. The van der Waals surface area contributed by atoms with Gasteiger partial charge in [-0.25, -0.2) is 0 Å². The summed E-state index contributed by atoms with van der Waals surface area (Å²) >= 11 is 0. The summed E-state index contributed by atoms with van der Waals surface area (Å²) in [5.41, 5.74) is 9.29. The maximum Gasteiger partial charge on any atom is 0.411 e. The van der Waals surface area contributed by atoms with Crippen LogP contribution >= 0.6 is 0 Å². The van der Waals surface area contributed by atoms with Gasteiger partial charge >= 0.3 is 12.4 Å². The fourth-order valence-electron chi connectivity index (χ4n) is 7.20. The van der Waals surface area contributed by atoms with Gasteiger partial charge < -0.3 is 9.47 Å². The number of halogens is 6. The molecule has 0 spiro atoms. The number of hydrogen-bond donors (Lipinski definition) is 0. The van der Waals surface area contributed by atoms with Crippen LogP contribution in [0.4, 0.5) is 26.3 Å². The topological polar surface area (TPSA) is 18.5 Å². The Bertz CT molecular complexity index is 2590. The molecule has 0 N–H and O–H groups in total. The summed E-state index contributed by atoms with van der Waals surface area (Å²) in [6.07, 6.45) is -11.1. The van der Waals surface area contributed by atoms with Gasteiger partial charge in [-0.05, 0) is 208 Å². The van der Waals surface area contributed by atoms with E-state index in [2.05, 4.69) is 104 Å². The van der Waals surface area contributed by atoms with E-state index in [1.165, 1.54) is 81.6 Å². The summed E-state index contributed by atoms with van der Waals surface area (Å²) in [4.78, 5) is 0. The van der Waals surface area contributed by atoms with Crippen molar-refractivity contribution >= 4 is 0 Å². The van der Waals surface area contributed by atoms with Crippen molar-refractivity contribution in [3.63, 3.8) is 0 Å². The minimum absolute atomic E-state index is 0.374. The van der Waals surface area contributed by atoms with Crippen molar-refractivity contribution < 1.29 is 35.8 Å². The molecule has 0 atom stereocenters. The molecule has 7 rings (SSSR count). The van der Waals surface area contributed by atoms with Gasteiger partial charge in [-0.2, -0.15) is 26.3 Å². The van der Waals surface area contributed by atoms with E-state index in [4.69, 9.17) is 9.47 Å². The Morgan fingerprint density at radius 2 is 0.554 bits per heavy atom. The standard InChI is InChI=1S/C22H22O2.C19H18F6.C16H18/c1-15-8-10-21(12-17(15)3)23-19-6-5-7-20(14-19)24-22-11-9-16(2)18(4)13-22;1-11-5-7-15(9-13(11)3)17(18(20,21)22,19(23,24)25)16-8-6-12(2)14(4)10-16;1-11-5-7-15(9-13(11)3)16-8-6-12(2)14(4)10-16/h5-14H,1-4H3;5-10H,1-4H3;5-10H,1-4H3. The first-order valence-electron chi connectivity index (χ1n) is 21.4. The Balaban J connectivity index is 0.000000188. The van der Waals surface area contributed by atoms with Gasteiger partial charge in [-0.15, -0.1) is 0 Å². The van der Waals surface area contributed by atoms with Crippen molar-refractivity contribution in [1.82, 2.24) is 0 Å². The van der Waals surface area contributed by atoms with Crippen LogP contribution in [-0.4, -0.2) is 12.4 Å². The van der Waals surface area contributed by atoms with Crippen LogP contribution in [0.5, 0.6) is 23.0 Å². The summed E-state index contributed by atoms with van der Waals surface area (Å²) < 4.78 is 95.8. The second kappa shape index (κ2) is 20.3. The molecule has 7 aromatic carbocycles. The van der Waals surface area contributed by atoms with Gasteiger partial charge in [-0.1, -0.05) is 91.0 Å². The quantitative estimate of drug-likeness (QED) is 0.149. The fraction of sp³-hybridized carbons (Fsp3) is 0.263. The van der Waals surface area contributed by atoms with Crippen LogP contribution in [-0.2, 0) is 5.41 Å². The van der Waals surface area contributed by atoms with E-state index in [0.717, 1.165) is 47.3 Å². The van der Waals surface area contributed by atoms with Crippen molar-refractivity contribution in [2.75, 3.05) is 0 Å². The van der Waals surface area contributed by atoms with Crippen LogP contribution in [0.3, 0.4) is 0 Å². The van der Waals surface area contributed by atoms with Crippen molar-refractivity contribution in [3.8, 4) is 34.1 Å². The van der Waals surface area contributed by atoms with Crippen LogP contribution in [0.25, 0.3) is 11.1 Å². The molecule has 0 aliphatic carbocycles. The Morgan fingerprint density at radius 1 is 0.277 bits per heavy atom. The molecule has 0 radical (unpaired) electrons. The molecule has 7 aromatic rings. The smallest absolute Gasteiger partial charge is 0.411 e. The lowest BCUT2D eigenvalue weighted by molar-refractivity contribution is -0.288. The molecule has 2 nitrogen and oxygen atoms in total. The van der Waals surface area contributed by atoms with Crippen LogP contribution in [0.2, 0.25) is 0 Å². The Labute approximate surface area is 380 Å². The van der Waals surface area contributed by atoms with Crippen LogP contribution in [0.1, 0.15) is 77.9 Å². The normalized spacial score (nSPS) is 11.5. The van der Waals surface area contributed by atoms with Crippen molar-refractivity contribution in [2.24, 2.45) is 0 Å². The molecule has 0 fully saturated rings. The molecule has 8 heteroatoms. The molecule has 0 unspecified atom stereocenters.